The molecule has 0 aliphatic heterocycles. The second-order valence-corrected chi connectivity index (χ2v) is 8.20. The minimum Gasteiger partial charge on any atom is -0.346 e. The summed E-state index contributed by atoms with van der Waals surface area (Å²) in [7, 11) is 0. The topological polar surface area (TPSA) is 70.2 Å². The summed E-state index contributed by atoms with van der Waals surface area (Å²) in [6.07, 6.45) is -4.47. The van der Waals surface area contributed by atoms with E-state index in [1.54, 1.807) is 0 Å². The number of anilines is 3. The molecule has 0 saturated carbocycles. The van der Waals surface area contributed by atoms with Crippen LogP contribution in [0.15, 0.2) is 24.3 Å². The number of nitrogens with zero attached hydrogens (tertiary/aromatic N) is 3. The monoisotopic (exact) mass is 415 g/mol. The Labute approximate surface area is 166 Å². The maximum absolute atomic E-state index is 12.8. The zero-order valence-corrected chi connectivity index (χ0v) is 17.0. The van der Waals surface area contributed by atoms with Crippen LogP contribution in [0.2, 0.25) is 0 Å². The molecule has 2 amide bonds. The molecule has 0 aliphatic rings. The summed E-state index contributed by atoms with van der Waals surface area (Å²) in [4.78, 5) is 14.2. The first-order valence-electron chi connectivity index (χ1n) is 8.88. The molecule has 0 radical (unpaired) electrons. The van der Waals surface area contributed by atoms with Gasteiger partial charge >= 0.3 is 12.2 Å². The molecule has 0 saturated heterocycles. The lowest BCUT2D eigenvalue weighted by molar-refractivity contribution is -0.137. The van der Waals surface area contributed by atoms with Gasteiger partial charge in [-0.3, -0.25) is 5.32 Å². The van der Waals surface area contributed by atoms with Crippen molar-refractivity contribution in [1.82, 2.24) is 10.2 Å². The maximum Gasteiger partial charge on any atom is 0.416 e. The van der Waals surface area contributed by atoms with E-state index in [1.807, 2.05) is 0 Å². The van der Waals surface area contributed by atoms with Gasteiger partial charge in [0.15, 0.2) is 0 Å². The zero-order valence-electron chi connectivity index (χ0n) is 16.2. The first kappa shape index (κ1) is 21.9. The number of hydrogen-bond donors (Lipinski definition) is 2. The van der Waals surface area contributed by atoms with Crippen molar-refractivity contribution in [3.63, 3.8) is 0 Å². The van der Waals surface area contributed by atoms with Crippen molar-refractivity contribution < 1.29 is 18.0 Å². The van der Waals surface area contributed by atoms with Crippen LogP contribution in [0.3, 0.4) is 0 Å². The average Bonchev–Trinajstić information content (AvgIpc) is 3.01. The number of halogens is 3. The quantitative estimate of drug-likeness (QED) is 0.642. The van der Waals surface area contributed by atoms with Gasteiger partial charge in [0.1, 0.15) is 0 Å². The van der Waals surface area contributed by atoms with Gasteiger partial charge in [0, 0.05) is 18.8 Å². The molecule has 0 aliphatic carbocycles. The van der Waals surface area contributed by atoms with E-state index in [0.717, 1.165) is 25.2 Å². The third kappa shape index (κ3) is 6.66. The summed E-state index contributed by atoms with van der Waals surface area (Å²) >= 11 is 1.22. The second kappa shape index (κ2) is 9.22. The average molecular weight is 415 g/mol. The van der Waals surface area contributed by atoms with Gasteiger partial charge in [-0.15, -0.1) is 10.2 Å². The Morgan fingerprint density at radius 2 is 1.75 bits per heavy atom. The van der Waals surface area contributed by atoms with Crippen molar-refractivity contribution in [3.05, 3.63) is 29.8 Å². The van der Waals surface area contributed by atoms with Crippen molar-refractivity contribution in [1.29, 1.82) is 0 Å². The fourth-order valence-corrected chi connectivity index (χ4v) is 3.30. The molecule has 1 aromatic heterocycles. The van der Waals surface area contributed by atoms with Crippen LogP contribution in [-0.2, 0) is 6.18 Å². The fraction of sp³-hybridized carbons (Fsp3) is 0.500. The number of hydrogen-bond acceptors (Lipinski definition) is 5. The van der Waals surface area contributed by atoms with Crippen LogP contribution in [0, 0.1) is 11.8 Å². The van der Waals surface area contributed by atoms with E-state index >= 15 is 0 Å². The lowest BCUT2D eigenvalue weighted by Gasteiger charge is -2.25. The van der Waals surface area contributed by atoms with Crippen molar-refractivity contribution >= 4 is 33.3 Å². The normalized spacial score (nSPS) is 11.8. The first-order chi connectivity index (χ1) is 13.0. The summed E-state index contributed by atoms with van der Waals surface area (Å²) in [5.41, 5.74) is -0.792. The molecule has 0 bridgehead atoms. The lowest BCUT2D eigenvalue weighted by Crippen LogP contribution is -2.31. The van der Waals surface area contributed by atoms with E-state index in [2.05, 4.69) is 53.4 Å². The summed E-state index contributed by atoms with van der Waals surface area (Å²) in [6, 6.07) is 3.75. The van der Waals surface area contributed by atoms with Crippen LogP contribution >= 0.6 is 11.3 Å². The van der Waals surface area contributed by atoms with Gasteiger partial charge in [-0.1, -0.05) is 45.1 Å². The van der Waals surface area contributed by atoms with Gasteiger partial charge in [0.25, 0.3) is 0 Å². The summed E-state index contributed by atoms with van der Waals surface area (Å²) < 4.78 is 38.3. The van der Waals surface area contributed by atoms with E-state index in [0.29, 0.717) is 17.0 Å². The molecule has 0 spiro atoms. The minimum absolute atomic E-state index is 0.0401. The van der Waals surface area contributed by atoms with Crippen molar-refractivity contribution in [3.8, 4) is 0 Å². The maximum atomic E-state index is 12.8. The first-order valence-corrected chi connectivity index (χ1v) is 9.70. The van der Waals surface area contributed by atoms with Crippen molar-refractivity contribution in [2.75, 3.05) is 28.6 Å². The third-order valence-electron chi connectivity index (χ3n) is 3.52. The summed E-state index contributed by atoms with van der Waals surface area (Å²) in [5.74, 6) is 0.867. The molecule has 0 atom stereocenters. The van der Waals surface area contributed by atoms with Gasteiger partial charge in [0.05, 0.1) is 5.56 Å². The van der Waals surface area contributed by atoms with Crippen molar-refractivity contribution in [2.45, 2.75) is 33.9 Å². The third-order valence-corrected chi connectivity index (χ3v) is 4.42. The van der Waals surface area contributed by atoms with E-state index in [4.69, 9.17) is 0 Å². The number of alkyl halides is 3. The van der Waals surface area contributed by atoms with Gasteiger partial charge in [0.2, 0.25) is 10.3 Å². The highest BCUT2D eigenvalue weighted by Crippen LogP contribution is 2.31. The van der Waals surface area contributed by atoms with E-state index < -0.39 is 17.8 Å². The molecular formula is C18H24F3N5OS. The van der Waals surface area contributed by atoms with E-state index in [-0.39, 0.29) is 10.8 Å². The number of carbonyl (C=O) groups is 1. The second-order valence-electron chi connectivity index (χ2n) is 7.24. The number of aromatic nitrogens is 2. The van der Waals surface area contributed by atoms with Crippen LogP contribution in [0.4, 0.5) is 33.9 Å². The van der Waals surface area contributed by atoms with E-state index in [1.165, 1.54) is 23.5 Å². The van der Waals surface area contributed by atoms with Crippen molar-refractivity contribution in [2.24, 2.45) is 11.8 Å². The molecule has 6 nitrogen and oxygen atoms in total. The van der Waals surface area contributed by atoms with Crippen LogP contribution < -0.4 is 15.5 Å². The van der Waals surface area contributed by atoms with Gasteiger partial charge in [-0.05, 0) is 30.0 Å². The lowest BCUT2D eigenvalue weighted by atomic mass is 10.1. The van der Waals surface area contributed by atoms with Crippen LogP contribution in [0.1, 0.15) is 33.3 Å². The molecule has 2 rings (SSSR count). The number of urea groups is 1. The highest BCUT2D eigenvalue weighted by Gasteiger charge is 2.30. The molecular weight excluding hydrogens is 391 g/mol. The predicted molar refractivity (Wildman–Crippen MR) is 106 cm³/mol. The zero-order chi connectivity index (χ0) is 20.9. The van der Waals surface area contributed by atoms with Crippen LogP contribution in [0.5, 0.6) is 0 Å². The molecule has 154 valence electrons. The molecule has 28 heavy (non-hydrogen) atoms. The summed E-state index contributed by atoms with van der Waals surface area (Å²) in [6.45, 7) is 10.0. The molecule has 0 unspecified atom stereocenters. The van der Waals surface area contributed by atoms with Gasteiger partial charge < -0.3 is 10.2 Å². The minimum atomic E-state index is -4.47. The smallest absolute Gasteiger partial charge is 0.346 e. The number of benzene rings is 1. The molecule has 0 fully saturated rings. The van der Waals surface area contributed by atoms with Gasteiger partial charge in [-0.2, -0.15) is 13.2 Å². The number of nitrogens with one attached hydrogen (secondary N) is 2. The Hall–Kier alpha value is -2.36. The fourth-order valence-electron chi connectivity index (χ4n) is 2.54. The molecule has 10 heteroatoms. The molecule has 1 aromatic carbocycles. The highest BCUT2D eigenvalue weighted by molar-refractivity contribution is 7.19. The Morgan fingerprint density at radius 3 is 2.32 bits per heavy atom. The Balaban J connectivity index is 2.03. The largest absolute Gasteiger partial charge is 0.416 e. The Bertz CT molecular complexity index is 782. The van der Waals surface area contributed by atoms with E-state index in [9.17, 15) is 18.0 Å². The number of carbonyl (C=O) groups excluding carboxylic acids is 1. The molecule has 1 heterocycles. The Morgan fingerprint density at radius 1 is 1.11 bits per heavy atom. The molecule has 2 N–H and O–H groups in total. The standard InChI is InChI=1S/C18H24F3N5OS/c1-11(2)9-26(10-12(3)4)17-25-24-16(28-17)23-15(27)22-14-7-5-6-13(8-14)18(19,20)21/h5-8,11-12H,9-10H2,1-4H3,(H2,22,23,24,27). The SMILES string of the molecule is CC(C)CN(CC(C)C)c1nnc(NC(=O)Nc2cccc(C(F)(F)F)c2)s1. The number of amides is 2. The van der Waals surface area contributed by atoms with Crippen LogP contribution in [-0.4, -0.2) is 29.3 Å². The Kier molecular flexibility index (Phi) is 7.22. The summed E-state index contributed by atoms with van der Waals surface area (Å²) in [5, 5.41) is 14.0. The predicted octanol–water partition coefficient (Wildman–Crippen LogP) is 5.32. The van der Waals surface area contributed by atoms with Crippen LogP contribution in [0.25, 0.3) is 0 Å². The highest BCUT2D eigenvalue weighted by atomic mass is 32.1. The van der Waals surface area contributed by atoms with Gasteiger partial charge in [-0.25, -0.2) is 4.79 Å². The molecule has 2 aromatic rings. The number of rotatable bonds is 7.